The predicted molar refractivity (Wildman–Crippen MR) is 105 cm³/mol. The number of ether oxygens (including phenoxy) is 1. The Balaban J connectivity index is 1.84. The summed E-state index contributed by atoms with van der Waals surface area (Å²) in [5.74, 6) is 1.24. The molecule has 1 aliphatic heterocycles. The van der Waals surface area contributed by atoms with Gasteiger partial charge in [-0.05, 0) is 38.0 Å². The van der Waals surface area contributed by atoms with Crippen LogP contribution in [-0.2, 0) is 6.54 Å². The van der Waals surface area contributed by atoms with Crippen molar-refractivity contribution in [1.82, 2.24) is 4.98 Å². The summed E-state index contributed by atoms with van der Waals surface area (Å²) in [5, 5.41) is 0.740. The molecule has 0 bridgehead atoms. The second-order valence-corrected chi connectivity index (χ2v) is 8.00. The minimum absolute atomic E-state index is 0.156. The number of aromatic amines is 1. The molecule has 1 aromatic heterocycles. The van der Waals surface area contributed by atoms with Gasteiger partial charge in [0, 0.05) is 16.6 Å². The first kappa shape index (κ1) is 18.9. The Morgan fingerprint density at radius 1 is 1.15 bits per heavy atom. The van der Waals surface area contributed by atoms with Gasteiger partial charge in [0.15, 0.2) is 5.43 Å². The van der Waals surface area contributed by atoms with E-state index in [0.29, 0.717) is 12.5 Å². The highest BCUT2D eigenvalue weighted by Gasteiger charge is 2.23. The van der Waals surface area contributed by atoms with E-state index in [-0.39, 0.29) is 5.43 Å². The van der Waals surface area contributed by atoms with Crippen molar-refractivity contribution in [2.45, 2.75) is 34.2 Å². The number of nitrogens with one attached hydrogen (secondary N) is 3. The first-order chi connectivity index (χ1) is 12.5. The number of pyridine rings is 1. The summed E-state index contributed by atoms with van der Waals surface area (Å²) in [6.45, 7) is 15.9. The maximum absolute atomic E-state index is 13.1. The molecule has 1 fully saturated rings. The number of fused-ring (bicyclic) bond motifs is 1. The number of benzene rings is 1. The summed E-state index contributed by atoms with van der Waals surface area (Å²) in [4.78, 5) is 19.8. The second kappa shape index (κ2) is 8.23. The van der Waals surface area contributed by atoms with Crippen molar-refractivity contribution in [3.63, 3.8) is 0 Å². The van der Waals surface area contributed by atoms with Gasteiger partial charge in [-0.3, -0.25) is 4.79 Å². The molecule has 1 aliphatic rings. The van der Waals surface area contributed by atoms with Crippen LogP contribution in [0.2, 0.25) is 0 Å². The number of H-pyrrole nitrogens is 1. The maximum atomic E-state index is 13.1. The summed E-state index contributed by atoms with van der Waals surface area (Å²) >= 11 is 0. The van der Waals surface area contributed by atoms with Crippen LogP contribution in [0, 0.1) is 12.8 Å². The normalized spacial score (nSPS) is 20.7. The van der Waals surface area contributed by atoms with Crippen molar-refractivity contribution in [2.75, 3.05) is 39.3 Å². The molecule has 5 nitrogen and oxygen atoms in total. The summed E-state index contributed by atoms with van der Waals surface area (Å²) in [6.07, 6.45) is 0. The van der Waals surface area contributed by atoms with Gasteiger partial charge in [0.2, 0.25) is 0 Å². The zero-order valence-electron chi connectivity index (χ0n) is 16.6. The SMILES string of the molecule is CC[NH+]1CC[NH+](Cc2c(C)[nH]c3ccc(OCC(C)C)cc3c2=O)CC1. The highest BCUT2D eigenvalue weighted by molar-refractivity contribution is 5.81. The highest BCUT2D eigenvalue weighted by Crippen LogP contribution is 2.19. The van der Waals surface area contributed by atoms with Gasteiger partial charge >= 0.3 is 0 Å². The lowest BCUT2D eigenvalue weighted by molar-refractivity contribution is -1.02. The third kappa shape index (κ3) is 4.27. The van der Waals surface area contributed by atoms with E-state index in [2.05, 4.69) is 25.8 Å². The minimum Gasteiger partial charge on any atom is -0.493 e. The molecule has 0 saturated carbocycles. The fourth-order valence-corrected chi connectivity index (χ4v) is 3.73. The average Bonchev–Trinajstić information content (AvgIpc) is 2.64. The molecule has 0 aliphatic carbocycles. The Labute approximate surface area is 156 Å². The van der Waals surface area contributed by atoms with E-state index in [1.54, 1.807) is 4.90 Å². The van der Waals surface area contributed by atoms with E-state index in [1.165, 1.54) is 24.5 Å². The number of aromatic nitrogens is 1. The van der Waals surface area contributed by atoms with Crippen LogP contribution in [0.1, 0.15) is 32.0 Å². The van der Waals surface area contributed by atoms with Crippen molar-refractivity contribution in [2.24, 2.45) is 5.92 Å². The first-order valence-corrected chi connectivity index (χ1v) is 9.93. The smallest absolute Gasteiger partial charge is 0.198 e. The Bertz CT molecular complexity index is 805. The van der Waals surface area contributed by atoms with Crippen LogP contribution in [0.15, 0.2) is 23.0 Å². The Morgan fingerprint density at radius 3 is 2.50 bits per heavy atom. The van der Waals surface area contributed by atoms with E-state index >= 15 is 0 Å². The van der Waals surface area contributed by atoms with Gasteiger partial charge in [0.05, 0.1) is 18.7 Å². The van der Waals surface area contributed by atoms with Gasteiger partial charge < -0.3 is 19.5 Å². The molecule has 0 amide bonds. The number of rotatable bonds is 6. The predicted octanol–water partition coefficient (Wildman–Crippen LogP) is 0.175. The molecule has 142 valence electrons. The maximum Gasteiger partial charge on any atom is 0.198 e. The zero-order valence-corrected chi connectivity index (χ0v) is 16.6. The van der Waals surface area contributed by atoms with Crippen LogP contribution >= 0.6 is 0 Å². The molecule has 5 heteroatoms. The van der Waals surface area contributed by atoms with E-state index in [0.717, 1.165) is 47.5 Å². The molecule has 3 rings (SSSR count). The fraction of sp³-hybridized carbons (Fsp3) is 0.571. The molecule has 0 unspecified atom stereocenters. The van der Waals surface area contributed by atoms with Gasteiger partial charge in [-0.1, -0.05) is 13.8 Å². The molecule has 0 spiro atoms. The van der Waals surface area contributed by atoms with E-state index in [4.69, 9.17) is 4.74 Å². The lowest BCUT2D eigenvalue weighted by atomic mass is 10.1. The van der Waals surface area contributed by atoms with Crippen LogP contribution in [0.5, 0.6) is 5.75 Å². The standard InChI is InChI=1S/C21H31N3O2/c1-5-23-8-10-24(11-9-23)13-19-16(4)22-20-7-6-17(26-14-15(2)3)12-18(20)21(19)25/h6-7,12,15H,5,8-11,13-14H2,1-4H3,(H,22,25)/p+2. The summed E-state index contributed by atoms with van der Waals surface area (Å²) in [7, 11) is 0. The third-order valence-corrected chi connectivity index (χ3v) is 5.46. The Kier molecular flexibility index (Phi) is 5.99. The van der Waals surface area contributed by atoms with Crippen LogP contribution in [-0.4, -0.2) is 44.3 Å². The quantitative estimate of drug-likeness (QED) is 0.689. The van der Waals surface area contributed by atoms with Crippen LogP contribution in [0.4, 0.5) is 0 Å². The van der Waals surface area contributed by atoms with Gasteiger partial charge in [-0.25, -0.2) is 0 Å². The highest BCUT2D eigenvalue weighted by atomic mass is 16.5. The summed E-state index contributed by atoms with van der Waals surface area (Å²) in [5.41, 5.74) is 2.97. The molecule has 1 saturated heterocycles. The molecule has 1 aromatic carbocycles. The van der Waals surface area contributed by atoms with Crippen molar-refractivity contribution >= 4 is 10.9 Å². The van der Waals surface area contributed by atoms with Crippen LogP contribution in [0.3, 0.4) is 0 Å². The molecular formula is C21H33N3O2+2. The Morgan fingerprint density at radius 2 is 1.85 bits per heavy atom. The number of aryl methyl sites for hydroxylation is 1. The van der Waals surface area contributed by atoms with E-state index < -0.39 is 0 Å². The molecule has 2 aromatic rings. The molecular weight excluding hydrogens is 326 g/mol. The van der Waals surface area contributed by atoms with Gasteiger partial charge in [0.25, 0.3) is 0 Å². The van der Waals surface area contributed by atoms with Crippen molar-refractivity contribution < 1.29 is 14.5 Å². The van der Waals surface area contributed by atoms with Crippen molar-refractivity contribution in [3.05, 3.63) is 39.7 Å². The van der Waals surface area contributed by atoms with Gasteiger partial charge in [-0.15, -0.1) is 0 Å². The lowest BCUT2D eigenvalue weighted by Gasteiger charge is -2.29. The third-order valence-electron chi connectivity index (χ3n) is 5.46. The van der Waals surface area contributed by atoms with Gasteiger partial charge in [-0.2, -0.15) is 0 Å². The fourth-order valence-electron chi connectivity index (χ4n) is 3.73. The summed E-state index contributed by atoms with van der Waals surface area (Å²) in [6, 6.07) is 5.80. The topological polar surface area (TPSA) is 51.0 Å². The molecule has 2 heterocycles. The molecule has 0 radical (unpaired) electrons. The molecule has 0 atom stereocenters. The number of piperazine rings is 1. The molecule has 3 N–H and O–H groups in total. The first-order valence-electron chi connectivity index (χ1n) is 9.93. The van der Waals surface area contributed by atoms with E-state index in [9.17, 15) is 4.79 Å². The van der Waals surface area contributed by atoms with Gasteiger partial charge in [0.1, 0.15) is 38.5 Å². The number of hydrogen-bond donors (Lipinski definition) is 3. The second-order valence-electron chi connectivity index (χ2n) is 8.00. The lowest BCUT2D eigenvalue weighted by Crippen LogP contribution is -3.27. The number of quaternary nitrogens is 2. The monoisotopic (exact) mass is 359 g/mol. The van der Waals surface area contributed by atoms with Crippen molar-refractivity contribution in [1.29, 1.82) is 0 Å². The Hall–Kier alpha value is -1.85. The van der Waals surface area contributed by atoms with Crippen LogP contribution < -0.4 is 20.0 Å². The largest absolute Gasteiger partial charge is 0.493 e. The van der Waals surface area contributed by atoms with E-state index in [1.807, 2.05) is 25.1 Å². The van der Waals surface area contributed by atoms with Crippen molar-refractivity contribution in [3.8, 4) is 5.75 Å². The number of hydrogen-bond acceptors (Lipinski definition) is 2. The summed E-state index contributed by atoms with van der Waals surface area (Å²) < 4.78 is 5.81. The zero-order chi connectivity index (χ0) is 18.7. The minimum atomic E-state index is 0.156. The molecule has 26 heavy (non-hydrogen) atoms. The average molecular weight is 360 g/mol. The van der Waals surface area contributed by atoms with Crippen LogP contribution in [0.25, 0.3) is 10.9 Å². The number of likely N-dealkylation sites (N-methyl/N-ethyl adjacent to an activating group) is 1.